The summed E-state index contributed by atoms with van der Waals surface area (Å²) >= 11 is 4.85. The molecule has 5 nitrogen and oxygen atoms in total. The molecule has 0 spiro atoms. The van der Waals surface area contributed by atoms with Gasteiger partial charge in [-0.2, -0.15) is 4.31 Å². The summed E-state index contributed by atoms with van der Waals surface area (Å²) in [5, 5.41) is 10.3. The molecule has 2 rings (SSSR count). The molecule has 1 aliphatic carbocycles. The second-order valence-corrected chi connectivity index (χ2v) is 8.07. The van der Waals surface area contributed by atoms with Crippen molar-refractivity contribution in [2.24, 2.45) is 5.73 Å². The van der Waals surface area contributed by atoms with E-state index in [1.165, 1.54) is 23.5 Å². The van der Waals surface area contributed by atoms with Crippen LogP contribution in [0, 0.1) is 0 Å². The average Bonchev–Trinajstić information content (AvgIpc) is 2.85. The Hall–Kier alpha value is -1.02. The minimum atomic E-state index is -3.62. The Morgan fingerprint density at radius 1 is 1.33 bits per heavy atom. The highest BCUT2D eigenvalue weighted by Crippen LogP contribution is 2.31. The number of aliphatic hydroxyl groups is 1. The van der Waals surface area contributed by atoms with Crippen molar-refractivity contribution < 1.29 is 13.5 Å². The fourth-order valence-electron chi connectivity index (χ4n) is 2.66. The molecule has 21 heavy (non-hydrogen) atoms. The van der Waals surface area contributed by atoms with Gasteiger partial charge in [-0.15, -0.1) is 0 Å². The summed E-state index contributed by atoms with van der Waals surface area (Å²) in [6, 6.07) is 6.15. The summed E-state index contributed by atoms with van der Waals surface area (Å²) in [4.78, 5) is 0.402. The van der Waals surface area contributed by atoms with Gasteiger partial charge in [-0.25, -0.2) is 8.42 Å². The van der Waals surface area contributed by atoms with Crippen LogP contribution in [0.15, 0.2) is 29.2 Å². The first kappa shape index (κ1) is 16.4. The van der Waals surface area contributed by atoms with E-state index in [1.807, 2.05) is 0 Å². The van der Waals surface area contributed by atoms with E-state index in [0.717, 1.165) is 12.8 Å². The van der Waals surface area contributed by atoms with Gasteiger partial charge in [-0.05, 0) is 25.0 Å². The van der Waals surface area contributed by atoms with Crippen molar-refractivity contribution in [2.75, 3.05) is 13.6 Å². The Morgan fingerprint density at radius 2 is 1.86 bits per heavy atom. The number of hydrogen-bond acceptors (Lipinski definition) is 4. The van der Waals surface area contributed by atoms with E-state index in [1.54, 1.807) is 12.1 Å². The van der Waals surface area contributed by atoms with Crippen LogP contribution in [0.2, 0.25) is 0 Å². The van der Waals surface area contributed by atoms with Crippen LogP contribution in [0.5, 0.6) is 0 Å². The molecule has 0 aliphatic heterocycles. The number of rotatable bonds is 5. The molecule has 0 radical (unpaired) electrons. The quantitative estimate of drug-likeness (QED) is 0.795. The molecule has 0 aromatic heterocycles. The number of sulfonamides is 1. The predicted molar refractivity (Wildman–Crippen MR) is 85.6 cm³/mol. The van der Waals surface area contributed by atoms with Crippen LogP contribution in [-0.4, -0.2) is 42.0 Å². The molecule has 1 fully saturated rings. The Labute approximate surface area is 130 Å². The maximum Gasteiger partial charge on any atom is 0.242 e. The van der Waals surface area contributed by atoms with Gasteiger partial charge < -0.3 is 10.8 Å². The molecule has 116 valence electrons. The van der Waals surface area contributed by atoms with Gasteiger partial charge in [0.1, 0.15) is 4.99 Å². The molecule has 3 N–H and O–H groups in total. The van der Waals surface area contributed by atoms with Gasteiger partial charge >= 0.3 is 0 Å². The molecule has 1 aliphatic rings. The molecule has 1 aromatic rings. The van der Waals surface area contributed by atoms with Crippen LogP contribution < -0.4 is 5.73 Å². The lowest BCUT2D eigenvalue weighted by Crippen LogP contribution is -2.41. The predicted octanol–water partition coefficient (Wildman–Crippen LogP) is 1.25. The van der Waals surface area contributed by atoms with Gasteiger partial charge in [0.05, 0.1) is 10.5 Å². The van der Waals surface area contributed by atoms with E-state index in [2.05, 4.69) is 0 Å². The number of thiocarbonyl (C=S) groups is 1. The highest BCUT2D eigenvalue weighted by molar-refractivity contribution is 7.89. The lowest BCUT2D eigenvalue weighted by atomic mass is 10.0. The summed E-state index contributed by atoms with van der Waals surface area (Å²) in [6.07, 6.45) is 3.17. The van der Waals surface area contributed by atoms with Crippen molar-refractivity contribution in [1.82, 2.24) is 4.31 Å². The second-order valence-electron chi connectivity index (χ2n) is 5.58. The summed E-state index contributed by atoms with van der Waals surface area (Å²) in [5.74, 6) is 0. The molecular formula is C14H20N2O3S2. The number of likely N-dealkylation sites (N-methyl/N-ethyl adjacent to an activating group) is 1. The minimum Gasteiger partial charge on any atom is -0.389 e. The molecule has 0 atom stereocenters. The van der Waals surface area contributed by atoms with Crippen molar-refractivity contribution >= 4 is 27.2 Å². The number of nitrogens with zero attached hydrogens (tertiary/aromatic N) is 1. The van der Waals surface area contributed by atoms with Gasteiger partial charge in [0.2, 0.25) is 10.0 Å². The molecule has 0 amide bonds. The van der Waals surface area contributed by atoms with Gasteiger partial charge in [0.15, 0.2) is 0 Å². The van der Waals surface area contributed by atoms with Crippen molar-refractivity contribution in [2.45, 2.75) is 36.2 Å². The third-order valence-corrected chi connectivity index (χ3v) is 5.95. The lowest BCUT2D eigenvalue weighted by Gasteiger charge is -2.28. The Balaban J connectivity index is 2.18. The van der Waals surface area contributed by atoms with Crippen LogP contribution in [0.25, 0.3) is 0 Å². The SMILES string of the molecule is CN(CC1(O)CCCC1)S(=O)(=O)c1ccc(C(N)=S)cc1. The van der Waals surface area contributed by atoms with Crippen molar-refractivity contribution in [1.29, 1.82) is 0 Å². The lowest BCUT2D eigenvalue weighted by molar-refractivity contribution is 0.0333. The third kappa shape index (κ3) is 3.60. The normalized spacial score (nSPS) is 18.0. The third-order valence-electron chi connectivity index (χ3n) is 3.90. The number of benzene rings is 1. The van der Waals surface area contributed by atoms with Gasteiger partial charge in [-0.1, -0.05) is 37.2 Å². The maximum atomic E-state index is 12.5. The molecule has 0 unspecified atom stereocenters. The minimum absolute atomic E-state index is 0.117. The first-order chi connectivity index (χ1) is 9.74. The molecule has 0 saturated heterocycles. The molecule has 1 saturated carbocycles. The summed E-state index contributed by atoms with van der Waals surface area (Å²) < 4.78 is 26.2. The summed E-state index contributed by atoms with van der Waals surface area (Å²) in [6.45, 7) is 0.117. The smallest absolute Gasteiger partial charge is 0.242 e. The molecule has 0 bridgehead atoms. The standard InChI is InChI=1S/C14H20N2O3S2/c1-16(10-14(17)8-2-3-9-14)21(18,19)12-6-4-11(5-7-12)13(15)20/h4-7,17H,2-3,8-10H2,1H3,(H2,15,20). The zero-order valence-corrected chi connectivity index (χ0v) is 13.6. The molecule has 0 heterocycles. The monoisotopic (exact) mass is 328 g/mol. The molecule has 1 aromatic carbocycles. The van der Waals surface area contributed by atoms with Gasteiger partial charge in [0.25, 0.3) is 0 Å². The van der Waals surface area contributed by atoms with Crippen molar-refractivity contribution in [3.63, 3.8) is 0 Å². The second kappa shape index (κ2) is 6.00. The summed E-state index contributed by atoms with van der Waals surface area (Å²) in [5.41, 5.74) is 5.22. The first-order valence-electron chi connectivity index (χ1n) is 6.83. The fourth-order valence-corrected chi connectivity index (χ4v) is 4.05. The van der Waals surface area contributed by atoms with Crippen LogP contribution in [0.3, 0.4) is 0 Å². The first-order valence-corrected chi connectivity index (χ1v) is 8.68. The summed E-state index contributed by atoms with van der Waals surface area (Å²) in [7, 11) is -2.12. The topological polar surface area (TPSA) is 83.6 Å². The van der Waals surface area contributed by atoms with E-state index in [4.69, 9.17) is 18.0 Å². The Bertz CT molecular complexity index is 620. The maximum absolute atomic E-state index is 12.5. The Kier molecular flexibility index (Phi) is 4.67. The highest BCUT2D eigenvalue weighted by atomic mass is 32.2. The van der Waals surface area contributed by atoms with Crippen LogP contribution in [0.1, 0.15) is 31.2 Å². The van der Waals surface area contributed by atoms with Crippen LogP contribution in [-0.2, 0) is 10.0 Å². The largest absolute Gasteiger partial charge is 0.389 e. The molecule has 7 heteroatoms. The highest BCUT2D eigenvalue weighted by Gasteiger charge is 2.35. The molecular weight excluding hydrogens is 308 g/mol. The van der Waals surface area contributed by atoms with Crippen LogP contribution >= 0.6 is 12.2 Å². The van der Waals surface area contributed by atoms with Gasteiger partial charge in [0, 0.05) is 19.2 Å². The van der Waals surface area contributed by atoms with Crippen LogP contribution in [0.4, 0.5) is 0 Å². The van der Waals surface area contributed by atoms with Crippen molar-refractivity contribution in [3.05, 3.63) is 29.8 Å². The van der Waals surface area contributed by atoms with E-state index < -0.39 is 15.6 Å². The van der Waals surface area contributed by atoms with E-state index >= 15 is 0 Å². The number of nitrogens with two attached hydrogens (primary N) is 1. The van der Waals surface area contributed by atoms with E-state index in [-0.39, 0.29) is 16.4 Å². The average molecular weight is 328 g/mol. The van der Waals surface area contributed by atoms with Gasteiger partial charge in [-0.3, -0.25) is 0 Å². The van der Waals surface area contributed by atoms with E-state index in [9.17, 15) is 13.5 Å². The fraction of sp³-hybridized carbons (Fsp3) is 0.500. The zero-order valence-electron chi connectivity index (χ0n) is 11.9. The van der Waals surface area contributed by atoms with E-state index in [0.29, 0.717) is 18.4 Å². The zero-order chi connectivity index (χ0) is 15.7. The number of hydrogen-bond donors (Lipinski definition) is 2. The van der Waals surface area contributed by atoms with Crippen molar-refractivity contribution in [3.8, 4) is 0 Å². The Morgan fingerprint density at radius 3 is 2.33 bits per heavy atom.